The molecule has 0 spiro atoms. The van der Waals surface area contributed by atoms with Crippen molar-refractivity contribution in [3.8, 4) is 90.5 Å². The molecule has 2 aliphatic rings. The third kappa shape index (κ3) is 5.30. The average molecular weight is 699 g/mol. The molecule has 1 aliphatic carbocycles. The van der Waals surface area contributed by atoms with Crippen molar-refractivity contribution in [3.05, 3.63) is 169 Å². The van der Waals surface area contributed by atoms with Gasteiger partial charge in [-0.2, -0.15) is 0 Å². The van der Waals surface area contributed by atoms with E-state index < -0.39 is 0 Å². The highest BCUT2D eigenvalue weighted by molar-refractivity contribution is 5.85. The Kier molecular flexibility index (Phi) is 7.20. The Balaban J connectivity index is 1.01. The maximum absolute atomic E-state index is 6.71. The summed E-state index contributed by atoms with van der Waals surface area (Å²) in [5.41, 5.74) is 18.3. The quantitative estimate of drug-likeness (QED) is 0.180. The van der Waals surface area contributed by atoms with Crippen LogP contribution < -0.4 is 15.2 Å². The Morgan fingerprint density at radius 2 is 0.981 bits per heavy atom. The molecular weight excluding hydrogens is 665 g/mol. The number of aromatic nitrogens is 3. The first kappa shape index (κ1) is 31.7. The number of ether oxygens (including phenoxy) is 2. The zero-order valence-electron chi connectivity index (χ0n) is 29.7. The van der Waals surface area contributed by atoms with Crippen LogP contribution in [0.1, 0.15) is 25.0 Å². The van der Waals surface area contributed by atoms with Gasteiger partial charge < -0.3 is 15.2 Å². The van der Waals surface area contributed by atoms with Crippen LogP contribution in [0.15, 0.2) is 158 Å². The van der Waals surface area contributed by atoms with Crippen LogP contribution in [0.3, 0.4) is 0 Å². The van der Waals surface area contributed by atoms with E-state index in [2.05, 4.69) is 98.8 Å². The molecule has 258 valence electrons. The summed E-state index contributed by atoms with van der Waals surface area (Å²) >= 11 is 0. The van der Waals surface area contributed by atoms with Gasteiger partial charge in [0.15, 0.2) is 40.5 Å². The Morgan fingerprint density at radius 3 is 1.76 bits per heavy atom. The lowest BCUT2D eigenvalue weighted by molar-refractivity contribution is 0.360. The molecule has 0 amide bonds. The first-order chi connectivity index (χ1) is 26.4. The highest BCUT2D eigenvalue weighted by Gasteiger charge is 2.37. The van der Waals surface area contributed by atoms with Gasteiger partial charge in [0.05, 0.1) is 0 Å². The van der Waals surface area contributed by atoms with Crippen molar-refractivity contribution in [1.82, 2.24) is 15.0 Å². The number of nitrogens with zero attached hydrogens (tertiary/aromatic N) is 3. The number of nitrogen functional groups attached to an aromatic ring is 1. The molecule has 0 saturated heterocycles. The molecule has 8 aromatic rings. The van der Waals surface area contributed by atoms with Crippen LogP contribution in [-0.4, -0.2) is 15.0 Å². The fourth-order valence-electron chi connectivity index (χ4n) is 7.73. The first-order valence-electron chi connectivity index (χ1n) is 18.0. The van der Waals surface area contributed by atoms with Gasteiger partial charge in [-0.15, -0.1) is 0 Å². The average Bonchev–Trinajstić information content (AvgIpc) is 3.44. The summed E-state index contributed by atoms with van der Waals surface area (Å²) in [6, 6.07) is 53.3. The number of nitrogens with two attached hydrogens (primary N) is 1. The smallest absolute Gasteiger partial charge is 0.177 e. The molecule has 0 radical (unpaired) electrons. The maximum Gasteiger partial charge on any atom is 0.177 e. The normalized spacial score (nSPS) is 13.1. The zero-order chi connectivity index (χ0) is 36.4. The van der Waals surface area contributed by atoms with E-state index in [-0.39, 0.29) is 5.41 Å². The highest BCUT2D eigenvalue weighted by Crippen LogP contribution is 2.56. The number of hydrogen-bond donors (Lipinski definition) is 1. The van der Waals surface area contributed by atoms with Crippen LogP contribution in [0.5, 0.6) is 23.0 Å². The molecule has 6 heteroatoms. The second-order valence-corrected chi connectivity index (χ2v) is 14.3. The van der Waals surface area contributed by atoms with Gasteiger partial charge >= 0.3 is 0 Å². The van der Waals surface area contributed by atoms with E-state index >= 15 is 0 Å². The summed E-state index contributed by atoms with van der Waals surface area (Å²) in [7, 11) is 0. The number of benzene rings is 7. The van der Waals surface area contributed by atoms with E-state index in [4.69, 9.17) is 30.2 Å². The van der Waals surface area contributed by atoms with E-state index in [9.17, 15) is 0 Å². The summed E-state index contributed by atoms with van der Waals surface area (Å²) in [6.07, 6.45) is 0. The minimum absolute atomic E-state index is 0.144. The van der Waals surface area contributed by atoms with Crippen molar-refractivity contribution in [2.45, 2.75) is 19.3 Å². The van der Waals surface area contributed by atoms with E-state index in [1.807, 2.05) is 72.8 Å². The molecule has 1 aliphatic heterocycles. The molecule has 0 fully saturated rings. The minimum Gasteiger partial charge on any atom is -0.449 e. The van der Waals surface area contributed by atoms with Crippen LogP contribution in [0.4, 0.5) is 5.69 Å². The van der Waals surface area contributed by atoms with Gasteiger partial charge in [0.25, 0.3) is 0 Å². The molecule has 0 bridgehead atoms. The second kappa shape index (κ2) is 12.3. The van der Waals surface area contributed by atoms with Gasteiger partial charge in [-0.05, 0) is 75.3 Å². The number of rotatable bonds is 5. The Hall–Kier alpha value is -7.05. The van der Waals surface area contributed by atoms with E-state index in [0.717, 1.165) is 50.4 Å². The third-order valence-corrected chi connectivity index (χ3v) is 10.5. The molecule has 0 atom stereocenters. The standard InChI is InChI=1S/C48H34N4O2/c1-48(2)39-19-7-6-17-37(39)38-27-42-43(28-40(38)48)54-44-36(18-10-20-41(44)53-42)29-21-23-31(24-22-29)46-50-45(30-11-4-3-5-12-30)51-47(52-46)34-15-8-13-32(25-34)33-14-9-16-35(49)26-33/h3-28H,49H2,1-2H3. The number of anilines is 1. The molecule has 10 rings (SSSR count). The van der Waals surface area contributed by atoms with Gasteiger partial charge in [0, 0.05) is 33.4 Å². The third-order valence-electron chi connectivity index (χ3n) is 10.5. The van der Waals surface area contributed by atoms with E-state index in [1.54, 1.807) is 0 Å². The molecule has 2 N–H and O–H groups in total. The maximum atomic E-state index is 6.71. The minimum atomic E-state index is -0.144. The number of hydrogen-bond acceptors (Lipinski definition) is 6. The van der Waals surface area contributed by atoms with Crippen LogP contribution in [0.2, 0.25) is 0 Å². The number of fused-ring (bicyclic) bond motifs is 5. The lowest BCUT2D eigenvalue weighted by atomic mass is 9.82. The van der Waals surface area contributed by atoms with E-state index in [1.165, 1.54) is 22.3 Å². The lowest BCUT2D eigenvalue weighted by Crippen LogP contribution is -2.15. The van der Waals surface area contributed by atoms with Crippen molar-refractivity contribution >= 4 is 5.69 Å². The topological polar surface area (TPSA) is 83.2 Å². The van der Waals surface area contributed by atoms with Crippen molar-refractivity contribution in [1.29, 1.82) is 0 Å². The number of para-hydroxylation sites is 1. The van der Waals surface area contributed by atoms with Gasteiger partial charge in [-0.25, -0.2) is 15.0 Å². The Morgan fingerprint density at radius 1 is 0.407 bits per heavy atom. The monoisotopic (exact) mass is 698 g/mol. The molecule has 6 nitrogen and oxygen atoms in total. The highest BCUT2D eigenvalue weighted by atomic mass is 16.6. The van der Waals surface area contributed by atoms with Gasteiger partial charge in [-0.3, -0.25) is 0 Å². The molecule has 0 saturated carbocycles. The second-order valence-electron chi connectivity index (χ2n) is 14.3. The van der Waals surface area contributed by atoms with Gasteiger partial charge in [-0.1, -0.05) is 135 Å². The first-order valence-corrected chi connectivity index (χ1v) is 18.0. The van der Waals surface area contributed by atoms with E-state index in [0.29, 0.717) is 34.7 Å². The summed E-state index contributed by atoms with van der Waals surface area (Å²) in [5, 5.41) is 0. The summed E-state index contributed by atoms with van der Waals surface area (Å²) in [5.74, 6) is 4.60. The van der Waals surface area contributed by atoms with Crippen LogP contribution in [-0.2, 0) is 5.41 Å². The molecular formula is C48H34N4O2. The van der Waals surface area contributed by atoms with Crippen molar-refractivity contribution in [2.24, 2.45) is 0 Å². The van der Waals surface area contributed by atoms with Crippen LogP contribution >= 0.6 is 0 Å². The predicted octanol–water partition coefficient (Wildman–Crippen LogP) is 12.0. The Labute approximate surface area is 313 Å². The van der Waals surface area contributed by atoms with Crippen LogP contribution in [0.25, 0.3) is 67.5 Å². The molecule has 1 aromatic heterocycles. The van der Waals surface area contributed by atoms with Gasteiger partial charge in [0.1, 0.15) is 0 Å². The zero-order valence-corrected chi connectivity index (χ0v) is 29.7. The molecule has 54 heavy (non-hydrogen) atoms. The van der Waals surface area contributed by atoms with Crippen molar-refractivity contribution in [2.75, 3.05) is 5.73 Å². The Bertz CT molecular complexity index is 2760. The summed E-state index contributed by atoms with van der Waals surface area (Å²) in [4.78, 5) is 14.9. The molecule has 2 heterocycles. The summed E-state index contributed by atoms with van der Waals surface area (Å²) in [6.45, 7) is 4.54. The fourth-order valence-corrected chi connectivity index (χ4v) is 7.73. The lowest BCUT2D eigenvalue weighted by Gasteiger charge is -2.26. The SMILES string of the molecule is CC1(C)c2ccccc2-c2cc3c(cc21)Oc1c(cccc1-c1ccc(-c2nc(-c4ccccc4)nc(-c4cccc(-c5cccc(N)c5)c4)n2)cc1)O3. The van der Waals surface area contributed by atoms with Gasteiger partial charge in [0.2, 0.25) is 0 Å². The van der Waals surface area contributed by atoms with Crippen molar-refractivity contribution < 1.29 is 9.47 Å². The predicted molar refractivity (Wildman–Crippen MR) is 216 cm³/mol. The van der Waals surface area contributed by atoms with Crippen LogP contribution in [0, 0.1) is 0 Å². The van der Waals surface area contributed by atoms with Crippen molar-refractivity contribution in [3.63, 3.8) is 0 Å². The molecule has 0 unspecified atom stereocenters. The summed E-state index contributed by atoms with van der Waals surface area (Å²) < 4.78 is 13.2. The largest absolute Gasteiger partial charge is 0.449 e. The fraction of sp³-hybridized carbons (Fsp3) is 0.0625. The molecule has 7 aromatic carbocycles.